The number of nitrogens with zero attached hydrogens (tertiary/aromatic N) is 2. The second kappa shape index (κ2) is 8.36. The normalized spacial score (nSPS) is 11.3. The molecule has 0 aliphatic heterocycles. The Morgan fingerprint density at radius 3 is 2.59 bits per heavy atom. The molecule has 0 spiro atoms. The van der Waals surface area contributed by atoms with Crippen LogP contribution >= 0.6 is 22.7 Å². The van der Waals surface area contributed by atoms with Crippen molar-refractivity contribution in [2.75, 3.05) is 5.32 Å². The van der Waals surface area contributed by atoms with Gasteiger partial charge in [0.2, 0.25) is 5.91 Å². The maximum absolute atomic E-state index is 12.2. The lowest BCUT2D eigenvalue weighted by molar-refractivity contribution is -0.111. The van der Waals surface area contributed by atoms with E-state index in [1.54, 1.807) is 18.2 Å². The van der Waals surface area contributed by atoms with E-state index in [0.29, 0.717) is 10.8 Å². The number of amides is 1. The highest BCUT2D eigenvalue weighted by Crippen LogP contribution is 2.31. The van der Waals surface area contributed by atoms with Crippen molar-refractivity contribution in [3.05, 3.63) is 51.3 Å². The second-order valence-corrected chi connectivity index (χ2v) is 7.71. The smallest absolute Gasteiger partial charge is 0.387 e. The van der Waals surface area contributed by atoms with Crippen LogP contribution in [0.1, 0.15) is 15.6 Å². The standard InChI is InChI=1S/C18H15F2N3O2S2/c1-10-16(12-3-6-14(7-4-12)25-17(19)20)23-18(27-10)22-15(24)8-5-13-9-26-11(2)21-13/h3-9,17H,1-2H3,(H,22,23,24). The van der Waals surface area contributed by atoms with Crippen LogP contribution in [-0.2, 0) is 4.79 Å². The number of aryl methyl sites for hydroxylation is 2. The number of ether oxygens (including phenoxy) is 1. The molecule has 2 heterocycles. The summed E-state index contributed by atoms with van der Waals surface area (Å²) in [6.45, 7) is 0.911. The summed E-state index contributed by atoms with van der Waals surface area (Å²) >= 11 is 2.85. The lowest BCUT2D eigenvalue weighted by Gasteiger charge is -2.05. The number of thiazole rings is 2. The van der Waals surface area contributed by atoms with Crippen LogP contribution in [0.4, 0.5) is 13.9 Å². The number of carbonyl (C=O) groups excluding carboxylic acids is 1. The number of hydrogen-bond acceptors (Lipinski definition) is 6. The molecule has 0 radical (unpaired) electrons. The lowest BCUT2D eigenvalue weighted by atomic mass is 10.1. The monoisotopic (exact) mass is 407 g/mol. The largest absolute Gasteiger partial charge is 0.435 e. The van der Waals surface area contributed by atoms with Gasteiger partial charge >= 0.3 is 6.61 Å². The lowest BCUT2D eigenvalue weighted by Crippen LogP contribution is -2.07. The van der Waals surface area contributed by atoms with Gasteiger partial charge < -0.3 is 4.74 Å². The number of rotatable bonds is 6. The zero-order valence-corrected chi connectivity index (χ0v) is 16.0. The molecule has 1 N–H and O–H groups in total. The first kappa shape index (κ1) is 19.1. The van der Waals surface area contributed by atoms with E-state index in [4.69, 9.17) is 0 Å². The SMILES string of the molecule is Cc1nc(C=CC(=O)Nc2nc(-c3ccc(OC(F)F)cc3)c(C)s2)cs1. The summed E-state index contributed by atoms with van der Waals surface area (Å²) < 4.78 is 28.8. The number of alkyl halides is 2. The Morgan fingerprint density at radius 1 is 1.22 bits per heavy atom. The van der Waals surface area contributed by atoms with Gasteiger partial charge in [0.25, 0.3) is 0 Å². The van der Waals surface area contributed by atoms with E-state index in [2.05, 4.69) is 20.0 Å². The summed E-state index contributed by atoms with van der Waals surface area (Å²) in [5.74, 6) is -0.223. The molecule has 0 fully saturated rings. The molecule has 9 heteroatoms. The maximum atomic E-state index is 12.2. The molecule has 0 aliphatic rings. The second-order valence-electron chi connectivity index (χ2n) is 5.44. The van der Waals surface area contributed by atoms with Crippen LogP contribution in [0.5, 0.6) is 5.75 Å². The fraction of sp³-hybridized carbons (Fsp3) is 0.167. The molecule has 0 aliphatic carbocycles. The number of halogens is 2. The van der Waals surface area contributed by atoms with Gasteiger partial charge in [-0.05, 0) is 44.2 Å². The fourth-order valence-corrected chi connectivity index (χ4v) is 3.70. The van der Waals surface area contributed by atoms with E-state index in [1.165, 1.54) is 40.9 Å². The minimum absolute atomic E-state index is 0.0811. The number of aromatic nitrogens is 2. The van der Waals surface area contributed by atoms with Crippen molar-refractivity contribution in [1.82, 2.24) is 9.97 Å². The predicted molar refractivity (Wildman–Crippen MR) is 103 cm³/mol. The molecule has 2 aromatic heterocycles. The van der Waals surface area contributed by atoms with Gasteiger partial charge in [0.15, 0.2) is 5.13 Å². The Kier molecular flexibility index (Phi) is 5.92. The Hall–Kier alpha value is -2.65. The Balaban J connectivity index is 1.68. The van der Waals surface area contributed by atoms with Crippen molar-refractivity contribution in [1.29, 1.82) is 0 Å². The highest BCUT2D eigenvalue weighted by molar-refractivity contribution is 7.16. The molecule has 0 atom stereocenters. The molecule has 3 aromatic rings. The summed E-state index contributed by atoms with van der Waals surface area (Å²) in [5.41, 5.74) is 2.16. The quantitative estimate of drug-likeness (QED) is 0.575. The van der Waals surface area contributed by atoms with Crippen molar-refractivity contribution < 1.29 is 18.3 Å². The number of anilines is 1. The minimum atomic E-state index is -2.86. The van der Waals surface area contributed by atoms with Crippen LogP contribution in [0.15, 0.2) is 35.7 Å². The molecule has 5 nitrogen and oxygen atoms in total. The highest BCUT2D eigenvalue weighted by atomic mass is 32.1. The summed E-state index contributed by atoms with van der Waals surface area (Å²) in [7, 11) is 0. The van der Waals surface area contributed by atoms with E-state index in [1.807, 2.05) is 19.2 Å². The third-order valence-electron chi connectivity index (χ3n) is 3.42. The highest BCUT2D eigenvalue weighted by Gasteiger charge is 2.12. The molecular formula is C18H15F2N3O2S2. The van der Waals surface area contributed by atoms with Gasteiger partial charge in [-0.2, -0.15) is 8.78 Å². The molecule has 1 aromatic carbocycles. The topological polar surface area (TPSA) is 64.1 Å². The minimum Gasteiger partial charge on any atom is -0.435 e. The molecular weight excluding hydrogens is 392 g/mol. The molecule has 27 heavy (non-hydrogen) atoms. The summed E-state index contributed by atoms with van der Waals surface area (Å²) in [5, 5.41) is 5.98. The van der Waals surface area contributed by atoms with Gasteiger partial charge in [-0.25, -0.2) is 9.97 Å². The van der Waals surface area contributed by atoms with Crippen molar-refractivity contribution in [3.8, 4) is 17.0 Å². The average Bonchev–Trinajstić information content (AvgIpc) is 3.19. The zero-order valence-electron chi connectivity index (χ0n) is 14.4. The first-order valence-corrected chi connectivity index (χ1v) is 9.54. The number of hydrogen-bond donors (Lipinski definition) is 1. The van der Waals surface area contributed by atoms with Gasteiger partial charge in [0, 0.05) is 21.9 Å². The molecule has 0 unspecified atom stereocenters. The zero-order chi connectivity index (χ0) is 19.4. The van der Waals surface area contributed by atoms with Gasteiger partial charge in [0.1, 0.15) is 5.75 Å². The Morgan fingerprint density at radius 2 is 1.96 bits per heavy atom. The number of carbonyl (C=O) groups is 1. The van der Waals surface area contributed by atoms with Crippen molar-refractivity contribution in [3.63, 3.8) is 0 Å². The summed E-state index contributed by atoms with van der Waals surface area (Å²) in [4.78, 5) is 21.6. The molecule has 140 valence electrons. The first-order chi connectivity index (χ1) is 12.9. The van der Waals surface area contributed by atoms with E-state index >= 15 is 0 Å². The van der Waals surface area contributed by atoms with E-state index in [9.17, 15) is 13.6 Å². The number of benzene rings is 1. The van der Waals surface area contributed by atoms with Gasteiger partial charge in [-0.3, -0.25) is 10.1 Å². The van der Waals surface area contributed by atoms with Crippen molar-refractivity contribution in [2.24, 2.45) is 0 Å². The molecule has 3 rings (SSSR count). The van der Waals surface area contributed by atoms with Crippen LogP contribution < -0.4 is 10.1 Å². The van der Waals surface area contributed by atoms with Crippen LogP contribution in [0, 0.1) is 13.8 Å². The van der Waals surface area contributed by atoms with Crippen molar-refractivity contribution >= 4 is 39.8 Å². The van der Waals surface area contributed by atoms with Gasteiger partial charge in [-0.1, -0.05) is 0 Å². The first-order valence-electron chi connectivity index (χ1n) is 7.84. The average molecular weight is 407 g/mol. The van der Waals surface area contributed by atoms with E-state index < -0.39 is 6.61 Å². The summed E-state index contributed by atoms with van der Waals surface area (Å²) in [6.07, 6.45) is 3.04. The number of nitrogens with one attached hydrogen (secondary N) is 1. The molecule has 0 bridgehead atoms. The fourth-order valence-electron chi connectivity index (χ4n) is 2.28. The summed E-state index contributed by atoms with van der Waals surface area (Å²) in [6, 6.07) is 6.21. The van der Waals surface area contributed by atoms with E-state index in [-0.39, 0.29) is 11.7 Å². The predicted octanol–water partition coefficient (Wildman–Crippen LogP) is 5.14. The van der Waals surface area contributed by atoms with Gasteiger partial charge in [-0.15, -0.1) is 22.7 Å². The Bertz CT molecular complexity index is 965. The third-order valence-corrected chi connectivity index (χ3v) is 5.10. The maximum Gasteiger partial charge on any atom is 0.387 e. The molecule has 0 saturated heterocycles. The third kappa shape index (κ3) is 5.18. The van der Waals surface area contributed by atoms with Crippen LogP contribution in [-0.4, -0.2) is 22.5 Å². The van der Waals surface area contributed by atoms with E-state index in [0.717, 1.165) is 21.1 Å². The van der Waals surface area contributed by atoms with Crippen LogP contribution in [0.25, 0.3) is 17.3 Å². The van der Waals surface area contributed by atoms with Crippen LogP contribution in [0.2, 0.25) is 0 Å². The van der Waals surface area contributed by atoms with Gasteiger partial charge in [0.05, 0.1) is 16.4 Å². The van der Waals surface area contributed by atoms with Crippen molar-refractivity contribution in [2.45, 2.75) is 20.5 Å². The molecule has 0 saturated carbocycles. The van der Waals surface area contributed by atoms with Crippen LogP contribution in [0.3, 0.4) is 0 Å². The Labute approximate surface area is 162 Å². The molecule has 1 amide bonds.